The van der Waals surface area contributed by atoms with Crippen LogP contribution >= 0.6 is 11.6 Å². The molecule has 0 bridgehead atoms. The number of aromatic nitrogens is 4. The summed E-state index contributed by atoms with van der Waals surface area (Å²) in [5.74, 6) is 0.899. The second-order valence-corrected chi connectivity index (χ2v) is 13.6. The summed E-state index contributed by atoms with van der Waals surface area (Å²) in [5.41, 5.74) is 3.14. The number of fused-ring (bicyclic) bond motifs is 1. The Kier molecular flexibility index (Phi) is 7.49. The second-order valence-electron chi connectivity index (χ2n) is 13.2. The van der Waals surface area contributed by atoms with Crippen LogP contribution in [0.15, 0.2) is 54.7 Å². The van der Waals surface area contributed by atoms with Crippen molar-refractivity contribution in [2.75, 3.05) is 19.8 Å². The Bertz CT molecular complexity index is 1700. The molecule has 7 rings (SSSR count). The molecule has 1 saturated heterocycles. The van der Waals surface area contributed by atoms with E-state index < -0.39 is 11.5 Å². The van der Waals surface area contributed by atoms with E-state index >= 15 is 0 Å². The Hall–Kier alpha value is -3.69. The number of nitrogens with zero attached hydrogens (tertiary/aromatic N) is 3. The van der Waals surface area contributed by atoms with Gasteiger partial charge >= 0.3 is 0 Å². The summed E-state index contributed by atoms with van der Waals surface area (Å²) in [6, 6.07) is 15.1. The number of rotatable bonds is 10. The van der Waals surface area contributed by atoms with Gasteiger partial charge in [0.1, 0.15) is 11.5 Å². The van der Waals surface area contributed by atoms with Crippen LogP contribution in [0.1, 0.15) is 84.8 Å². The maximum absolute atomic E-state index is 13.7. The minimum absolute atomic E-state index is 0.0303. The van der Waals surface area contributed by atoms with Gasteiger partial charge in [0.05, 0.1) is 29.1 Å². The Balaban J connectivity index is 1.27. The lowest BCUT2D eigenvalue weighted by molar-refractivity contribution is -0.127. The Morgan fingerprint density at radius 1 is 1.16 bits per heavy atom. The molecule has 2 aliphatic carbocycles. The van der Waals surface area contributed by atoms with Gasteiger partial charge in [-0.1, -0.05) is 49.2 Å². The number of carbonyl (C=O) groups excluding carboxylic acids is 2. The highest BCUT2D eigenvalue weighted by Gasteiger charge is 2.51. The molecule has 1 aliphatic heterocycles. The van der Waals surface area contributed by atoms with E-state index in [1.807, 2.05) is 42.5 Å². The van der Waals surface area contributed by atoms with E-state index in [1.165, 1.54) is 19.3 Å². The number of imidazole rings is 1. The number of aryl methyl sites for hydroxylation is 1. The summed E-state index contributed by atoms with van der Waals surface area (Å²) in [6.45, 7) is 3.87. The summed E-state index contributed by atoms with van der Waals surface area (Å²) >= 11 is 6.81. The minimum Gasteiger partial charge on any atom is -0.380 e. The monoisotopic (exact) mass is 614 g/mol. The molecule has 3 heterocycles. The average molecular weight is 615 g/mol. The second kappa shape index (κ2) is 11.3. The first-order valence-electron chi connectivity index (χ1n) is 15.7. The van der Waals surface area contributed by atoms with Crippen molar-refractivity contribution in [3.63, 3.8) is 0 Å². The van der Waals surface area contributed by atoms with Crippen LogP contribution in [0.25, 0.3) is 11.0 Å². The standard InChI is InChI=1S/C34H39ClN6O3/c1-33(13-14-33)28(23-8-3-4-9-24(23)35)29(40-31(42)27-12-16-37-41(27)2)30-38-25-11-10-22(18-26(25)39-30)34(15-17-44-20-34)32(43)36-19-21-6-5-7-21/h3-4,8-12,16,18,21,28-29H,5-7,13-15,17,19-20H2,1-2H3,(H,36,43)(H,38,39)(H,40,42)/t28-,29-,34?/m0/s1. The number of amides is 2. The zero-order chi connectivity index (χ0) is 30.5. The van der Waals surface area contributed by atoms with Gasteiger partial charge in [-0.25, -0.2) is 4.98 Å². The lowest BCUT2D eigenvalue weighted by Crippen LogP contribution is -2.47. The van der Waals surface area contributed by atoms with Gasteiger partial charge in [0.2, 0.25) is 5.91 Å². The first-order valence-corrected chi connectivity index (χ1v) is 16.0. The highest BCUT2D eigenvalue weighted by molar-refractivity contribution is 6.31. The lowest BCUT2D eigenvalue weighted by Gasteiger charge is -2.32. The van der Waals surface area contributed by atoms with Gasteiger partial charge in [-0.3, -0.25) is 14.3 Å². The van der Waals surface area contributed by atoms with Crippen LogP contribution in [0.2, 0.25) is 5.02 Å². The third-order valence-corrected chi connectivity index (χ3v) is 10.6. The SMILES string of the molecule is Cn1nccc1C(=O)N[C@H](c1nc2ccc(C3(C(=O)NCC4CCC4)CCOC3)cc2[nH]1)[C@H](c1ccccc1Cl)C1(C)CC1. The van der Waals surface area contributed by atoms with Gasteiger partial charge in [0.15, 0.2) is 0 Å². The third kappa shape index (κ3) is 5.20. The van der Waals surface area contributed by atoms with Crippen LogP contribution < -0.4 is 10.6 Å². The predicted molar refractivity (Wildman–Crippen MR) is 169 cm³/mol. The summed E-state index contributed by atoms with van der Waals surface area (Å²) < 4.78 is 7.38. The first-order chi connectivity index (χ1) is 21.3. The Labute approximate surface area is 262 Å². The van der Waals surface area contributed by atoms with Crippen molar-refractivity contribution in [3.8, 4) is 0 Å². The van der Waals surface area contributed by atoms with Gasteiger partial charge in [-0.2, -0.15) is 5.10 Å². The quantitative estimate of drug-likeness (QED) is 0.216. The molecular formula is C34H39ClN6O3. The number of hydrogen-bond donors (Lipinski definition) is 3. The molecule has 3 aliphatic rings. The van der Waals surface area contributed by atoms with E-state index in [0.717, 1.165) is 41.5 Å². The maximum Gasteiger partial charge on any atom is 0.270 e. The van der Waals surface area contributed by atoms with Crippen molar-refractivity contribution < 1.29 is 14.3 Å². The van der Waals surface area contributed by atoms with Crippen LogP contribution in [0.4, 0.5) is 0 Å². The van der Waals surface area contributed by atoms with Gasteiger partial charge in [-0.05, 0) is 78.8 Å². The molecule has 0 spiro atoms. The van der Waals surface area contributed by atoms with Crippen LogP contribution in [0.5, 0.6) is 0 Å². The number of H-pyrrole nitrogens is 1. The van der Waals surface area contributed by atoms with Gasteiger partial charge in [-0.15, -0.1) is 0 Å². The molecule has 10 heteroatoms. The number of ether oxygens (including phenoxy) is 1. The zero-order valence-electron chi connectivity index (χ0n) is 25.2. The molecule has 3 N–H and O–H groups in total. The number of hydrogen-bond acceptors (Lipinski definition) is 5. The normalized spacial score (nSPS) is 22.3. The van der Waals surface area contributed by atoms with Crippen LogP contribution in [-0.4, -0.2) is 51.3 Å². The molecule has 44 heavy (non-hydrogen) atoms. The lowest BCUT2D eigenvalue weighted by atomic mass is 9.78. The van der Waals surface area contributed by atoms with E-state index in [-0.39, 0.29) is 23.1 Å². The summed E-state index contributed by atoms with van der Waals surface area (Å²) in [7, 11) is 1.76. The summed E-state index contributed by atoms with van der Waals surface area (Å²) in [4.78, 5) is 35.9. The van der Waals surface area contributed by atoms with E-state index in [4.69, 9.17) is 21.3 Å². The largest absolute Gasteiger partial charge is 0.380 e. The molecule has 0 radical (unpaired) electrons. The molecule has 2 amide bonds. The smallest absolute Gasteiger partial charge is 0.270 e. The fourth-order valence-corrected chi connectivity index (χ4v) is 7.25. The number of halogens is 1. The third-order valence-electron chi connectivity index (χ3n) is 10.3. The molecule has 230 valence electrons. The first kappa shape index (κ1) is 29.0. The fourth-order valence-electron chi connectivity index (χ4n) is 6.99. The molecule has 9 nitrogen and oxygen atoms in total. The molecule has 4 aromatic rings. The summed E-state index contributed by atoms with van der Waals surface area (Å²) in [5, 5.41) is 11.4. The molecule has 2 aromatic heterocycles. The summed E-state index contributed by atoms with van der Waals surface area (Å²) in [6.07, 6.45) is 7.89. The predicted octanol–water partition coefficient (Wildman–Crippen LogP) is 5.58. The number of benzene rings is 2. The van der Waals surface area contributed by atoms with Gasteiger partial charge in [0.25, 0.3) is 5.91 Å². The Morgan fingerprint density at radius 2 is 1.98 bits per heavy atom. The van der Waals surface area contributed by atoms with Crippen LogP contribution in [0.3, 0.4) is 0 Å². The zero-order valence-corrected chi connectivity index (χ0v) is 26.0. The van der Waals surface area contributed by atoms with E-state index in [0.29, 0.717) is 42.1 Å². The molecule has 2 aromatic carbocycles. The highest BCUT2D eigenvalue weighted by atomic mass is 35.5. The van der Waals surface area contributed by atoms with Crippen molar-refractivity contribution in [3.05, 3.63) is 82.4 Å². The number of nitrogens with one attached hydrogen (secondary N) is 3. The molecule has 1 unspecified atom stereocenters. The van der Waals surface area contributed by atoms with Crippen molar-refractivity contribution in [1.82, 2.24) is 30.4 Å². The maximum atomic E-state index is 13.7. The van der Waals surface area contributed by atoms with Gasteiger partial charge in [0, 0.05) is 37.3 Å². The Morgan fingerprint density at radius 3 is 2.64 bits per heavy atom. The van der Waals surface area contributed by atoms with Crippen molar-refractivity contribution in [1.29, 1.82) is 0 Å². The molecular weight excluding hydrogens is 576 g/mol. The van der Waals surface area contributed by atoms with Crippen molar-refractivity contribution in [2.45, 2.75) is 62.8 Å². The molecule has 2 saturated carbocycles. The highest BCUT2D eigenvalue weighted by Crippen LogP contribution is 2.60. The number of aromatic amines is 1. The number of carbonyl (C=O) groups is 2. The van der Waals surface area contributed by atoms with Crippen LogP contribution in [-0.2, 0) is 22.0 Å². The van der Waals surface area contributed by atoms with E-state index in [9.17, 15) is 9.59 Å². The van der Waals surface area contributed by atoms with E-state index in [2.05, 4.69) is 27.6 Å². The molecule has 3 fully saturated rings. The van der Waals surface area contributed by atoms with Gasteiger partial charge < -0.3 is 20.4 Å². The van der Waals surface area contributed by atoms with Crippen molar-refractivity contribution >= 4 is 34.4 Å². The van der Waals surface area contributed by atoms with Crippen molar-refractivity contribution in [2.24, 2.45) is 18.4 Å². The average Bonchev–Trinajstić information content (AvgIpc) is 3.38. The van der Waals surface area contributed by atoms with Crippen LogP contribution in [0, 0.1) is 11.3 Å². The topological polar surface area (TPSA) is 114 Å². The van der Waals surface area contributed by atoms with E-state index in [1.54, 1.807) is 24.0 Å². The minimum atomic E-state index is -0.738. The molecule has 3 atom stereocenters. The fraction of sp³-hybridized carbons (Fsp3) is 0.471.